The first-order chi connectivity index (χ1) is 7.22. The van der Waals surface area contributed by atoms with Crippen LogP contribution in [0, 0.1) is 0 Å². The van der Waals surface area contributed by atoms with E-state index < -0.39 is 5.97 Å². The van der Waals surface area contributed by atoms with Crippen molar-refractivity contribution in [3.63, 3.8) is 0 Å². The maximum absolute atomic E-state index is 10.4. The van der Waals surface area contributed by atoms with Crippen molar-refractivity contribution in [1.29, 1.82) is 0 Å². The molecule has 1 N–H and O–H groups in total. The van der Waals surface area contributed by atoms with Crippen molar-refractivity contribution in [1.82, 2.24) is 15.0 Å². The monoisotopic (exact) mass is 213 g/mol. The number of aliphatic carboxylic acids is 1. The highest BCUT2D eigenvalue weighted by Crippen LogP contribution is 1.94. The van der Waals surface area contributed by atoms with E-state index in [1.54, 1.807) is 10.9 Å². The number of hydrogen-bond acceptors (Lipinski definition) is 4. The number of ether oxygens (including phenoxy) is 1. The van der Waals surface area contributed by atoms with Gasteiger partial charge in [0.1, 0.15) is 0 Å². The van der Waals surface area contributed by atoms with Gasteiger partial charge in [0, 0.05) is 12.8 Å². The number of carbonyl (C=O) groups is 1. The Hall–Kier alpha value is -1.43. The van der Waals surface area contributed by atoms with Crippen molar-refractivity contribution in [2.24, 2.45) is 0 Å². The van der Waals surface area contributed by atoms with Gasteiger partial charge in [-0.3, -0.25) is 4.79 Å². The Bertz CT molecular complexity index is 311. The lowest BCUT2D eigenvalue weighted by atomic mass is 10.3. The third kappa shape index (κ3) is 4.55. The average molecular weight is 213 g/mol. The Morgan fingerprint density at radius 2 is 2.40 bits per heavy atom. The van der Waals surface area contributed by atoms with Gasteiger partial charge in [-0.25, -0.2) is 4.68 Å². The molecular formula is C9H15N3O3. The van der Waals surface area contributed by atoms with E-state index in [1.807, 2.05) is 6.92 Å². The SMILES string of the molecule is CCCOCCn1cc(CC(=O)O)nn1. The fraction of sp³-hybridized carbons (Fsp3) is 0.667. The zero-order chi connectivity index (χ0) is 11.1. The van der Waals surface area contributed by atoms with Crippen LogP contribution in [0.1, 0.15) is 19.0 Å². The molecule has 1 heterocycles. The summed E-state index contributed by atoms with van der Waals surface area (Å²) in [5.41, 5.74) is 0.470. The Labute approximate surface area is 87.9 Å². The van der Waals surface area contributed by atoms with Crippen molar-refractivity contribution >= 4 is 5.97 Å². The van der Waals surface area contributed by atoms with Crippen LogP contribution in [0.25, 0.3) is 0 Å². The largest absolute Gasteiger partial charge is 0.481 e. The van der Waals surface area contributed by atoms with Gasteiger partial charge in [0.05, 0.1) is 25.3 Å². The summed E-state index contributed by atoms with van der Waals surface area (Å²) in [6.45, 7) is 3.95. The third-order valence-corrected chi connectivity index (χ3v) is 1.73. The summed E-state index contributed by atoms with van der Waals surface area (Å²) in [6.07, 6.45) is 2.53. The molecule has 0 saturated carbocycles. The summed E-state index contributed by atoms with van der Waals surface area (Å²) in [6, 6.07) is 0. The molecule has 84 valence electrons. The molecule has 1 aromatic heterocycles. The molecule has 1 aromatic rings. The molecule has 0 aliphatic rings. The summed E-state index contributed by atoms with van der Waals surface area (Å²) >= 11 is 0. The van der Waals surface area contributed by atoms with E-state index in [0.29, 0.717) is 18.8 Å². The number of aromatic nitrogens is 3. The third-order valence-electron chi connectivity index (χ3n) is 1.73. The molecule has 0 aliphatic heterocycles. The molecule has 0 saturated heterocycles. The fourth-order valence-corrected chi connectivity index (χ4v) is 1.09. The number of carboxylic acids is 1. The molecule has 0 aromatic carbocycles. The highest BCUT2D eigenvalue weighted by atomic mass is 16.5. The van der Waals surface area contributed by atoms with Crippen molar-refractivity contribution in [3.05, 3.63) is 11.9 Å². The van der Waals surface area contributed by atoms with E-state index >= 15 is 0 Å². The second-order valence-electron chi connectivity index (χ2n) is 3.16. The molecule has 0 spiro atoms. The summed E-state index contributed by atoms with van der Waals surface area (Å²) in [7, 11) is 0. The van der Waals surface area contributed by atoms with Crippen LogP contribution in [0.15, 0.2) is 6.20 Å². The molecule has 0 atom stereocenters. The predicted octanol–water partition coefficient (Wildman–Crippen LogP) is 0.332. The molecule has 6 heteroatoms. The summed E-state index contributed by atoms with van der Waals surface area (Å²) in [5.74, 6) is -0.899. The highest BCUT2D eigenvalue weighted by Gasteiger charge is 2.04. The molecular weight excluding hydrogens is 198 g/mol. The van der Waals surface area contributed by atoms with Crippen molar-refractivity contribution < 1.29 is 14.6 Å². The topological polar surface area (TPSA) is 77.2 Å². The van der Waals surface area contributed by atoms with E-state index in [-0.39, 0.29) is 6.42 Å². The van der Waals surface area contributed by atoms with Crippen LogP contribution in [0.5, 0.6) is 0 Å². The standard InChI is InChI=1S/C9H15N3O3/c1-2-4-15-5-3-12-7-8(10-11-12)6-9(13)14/h7H,2-6H2,1H3,(H,13,14). The molecule has 0 unspecified atom stereocenters. The van der Waals surface area contributed by atoms with Crippen LogP contribution in [0.4, 0.5) is 0 Å². The van der Waals surface area contributed by atoms with Crippen molar-refractivity contribution in [3.8, 4) is 0 Å². The number of nitrogens with zero attached hydrogens (tertiary/aromatic N) is 3. The average Bonchev–Trinajstić information content (AvgIpc) is 2.59. The highest BCUT2D eigenvalue weighted by molar-refractivity contribution is 5.69. The van der Waals surface area contributed by atoms with Gasteiger partial charge in [-0.15, -0.1) is 5.10 Å². The quantitative estimate of drug-likeness (QED) is 0.660. The van der Waals surface area contributed by atoms with E-state index in [4.69, 9.17) is 9.84 Å². The van der Waals surface area contributed by atoms with E-state index in [1.165, 1.54) is 0 Å². The Morgan fingerprint density at radius 1 is 1.60 bits per heavy atom. The number of carboxylic acid groups (broad SMARTS) is 1. The van der Waals surface area contributed by atoms with Crippen LogP contribution in [-0.2, 0) is 22.5 Å². The fourth-order valence-electron chi connectivity index (χ4n) is 1.09. The van der Waals surface area contributed by atoms with Crippen LogP contribution in [0.3, 0.4) is 0 Å². The molecule has 15 heavy (non-hydrogen) atoms. The Balaban J connectivity index is 2.29. The minimum absolute atomic E-state index is 0.0875. The second-order valence-corrected chi connectivity index (χ2v) is 3.16. The van der Waals surface area contributed by atoms with Crippen LogP contribution in [-0.4, -0.2) is 39.3 Å². The van der Waals surface area contributed by atoms with Gasteiger partial charge in [-0.2, -0.15) is 0 Å². The molecule has 1 rings (SSSR count). The maximum Gasteiger partial charge on any atom is 0.309 e. The first-order valence-corrected chi connectivity index (χ1v) is 4.91. The molecule has 0 bridgehead atoms. The van der Waals surface area contributed by atoms with Crippen molar-refractivity contribution in [2.45, 2.75) is 26.3 Å². The van der Waals surface area contributed by atoms with Gasteiger partial charge in [-0.1, -0.05) is 12.1 Å². The molecule has 0 amide bonds. The summed E-state index contributed by atoms with van der Waals surface area (Å²) < 4.78 is 6.86. The Morgan fingerprint density at radius 3 is 3.07 bits per heavy atom. The van der Waals surface area contributed by atoms with Crippen LogP contribution >= 0.6 is 0 Å². The maximum atomic E-state index is 10.4. The number of rotatable bonds is 7. The van der Waals surface area contributed by atoms with E-state index in [9.17, 15) is 4.79 Å². The summed E-state index contributed by atoms with van der Waals surface area (Å²) in [5, 5.41) is 16.0. The lowest BCUT2D eigenvalue weighted by molar-refractivity contribution is -0.136. The van der Waals surface area contributed by atoms with Crippen LogP contribution in [0.2, 0.25) is 0 Å². The van der Waals surface area contributed by atoms with E-state index in [2.05, 4.69) is 10.3 Å². The molecule has 6 nitrogen and oxygen atoms in total. The zero-order valence-electron chi connectivity index (χ0n) is 8.72. The normalized spacial score (nSPS) is 10.5. The second kappa shape index (κ2) is 6.13. The molecule has 0 radical (unpaired) electrons. The van der Waals surface area contributed by atoms with E-state index in [0.717, 1.165) is 13.0 Å². The smallest absolute Gasteiger partial charge is 0.309 e. The van der Waals surface area contributed by atoms with Gasteiger partial charge >= 0.3 is 5.97 Å². The lowest BCUT2D eigenvalue weighted by Gasteiger charge is -2.00. The molecule has 0 fully saturated rings. The van der Waals surface area contributed by atoms with Gasteiger partial charge in [0.25, 0.3) is 0 Å². The van der Waals surface area contributed by atoms with Crippen LogP contribution < -0.4 is 0 Å². The molecule has 0 aliphatic carbocycles. The number of hydrogen-bond donors (Lipinski definition) is 1. The summed E-state index contributed by atoms with van der Waals surface area (Å²) in [4.78, 5) is 10.4. The van der Waals surface area contributed by atoms with Gasteiger partial charge in [-0.05, 0) is 6.42 Å². The predicted molar refractivity (Wildman–Crippen MR) is 52.5 cm³/mol. The lowest BCUT2D eigenvalue weighted by Crippen LogP contribution is -2.07. The van der Waals surface area contributed by atoms with Gasteiger partial charge in [0.2, 0.25) is 0 Å². The first kappa shape index (κ1) is 11.6. The van der Waals surface area contributed by atoms with Crippen molar-refractivity contribution in [2.75, 3.05) is 13.2 Å². The minimum atomic E-state index is -0.899. The first-order valence-electron chi connectivity index (χ1n) is 4.91. The van der Waals surface area contributed by atoms with Gasteiger partial charge in [0.15, 0.2) is 0 Å². The zero-order valence-corrected chi connectivity index (χ0v) is 8.72. The Kier molecular flexibility index (Phi) is 4.76. The van der Waals surface area contributed by atoms with Gasteiger partial charge < -0.3 is 9.84 Å². The minimum Gasteiger partial charge on any atom is -0.481 e.